The van der Waals surface area contributed by atoms with E-state index in [9.17, 15) is 5.11 Å². The third kappa shape index (κ3) is 4.24. The van der Waals surface area contributed by atoms with Crippen LogP contribution in [0.1, 0.15) is 23.2 Å². The third-order valence-corrected chi connectivity index (χ3v) is 5.77. The fourth-order valence-corrected chi connectivity index (χ4v) is 4.29. The number of nitrogens with one attached hydrogen (secondary N) is 1. The second kappa shape index (κ2) is 8.86. The van der Waals surface area contributed by atoms with E-state index in [0.29, 0.717) is 18.1 Å². The molecule has 1 atom stereocenters. The molecule has 2 aromatic carbocycles. The predicted molar refractivity (Wildman–Crippen MR) is 120 cm³/mol. The fourth-order valence-electron chi connectivity index (χ4n) is 3.97. The zero-order chi connectivity index (χ0) is 20.2. The van der Waals surface area contributed by atoms with Crippen molar-refractivity contribution in [3.63, 3.8) is 0 Å². The van der Waals surface area contributed by atoms with Gasteiger partial charge in [0.05, 0.1) is 12.3 Å². The first kappa shape index (κ1) is 19.8. The van der Waals surface area contributed by atoms with Crippen LogP contribution in [-0.4, -0.2) is 39.9 Å². The van der Waals surface area contributed by atoms with E-state index in [1.54, 1.807) is 7.11 Å². The van der Waals surface area contributed by atoms with E-state index in [1.165, 1.54) is 11.1 Å². The summed E-state index contributed by atoms with van der Waals surface area (Å²) >= 11 is 5.82. The Hall–Kier alpha value is -2.54. The van der Waals surface area contributed by atoms with Crippen LogP contribution in [0.3, 0.4) is 0 Å². The number of nitrogens with zero attached hydrogens (tertiary/aromatic N) is 2. The van der Waals surface area contributed by atoms with Crippen LogP contribution in [0, 0.1) is 0 Å². The molecule has 1 unspecified atom stereocenters. The number of aliphatic hydroxyl groups excluding tert-OH is 1. The summed E-state index contributed by atoms with van der Waals surface area (Å²) < 4.78 is 5.23. The highest BCUT2D eigenvalue weighted by Gasteiger charge is 2.27. The van der Waals surface area contributed by atoms with Crippen LogP contribution in [0.15, 0.2) is 54.7 Å². The van der Waals surface area contributed by atoms with Gasteiger partial charge in [0.2, 0.25) is 0 Å². The van der Waals surface area contributed by atoms with E-state index in [0.717, 1.165) is 35.1 Å². The molecule has 0 bridgehead atoms. The smallest absolute Gasteiger partial charge is 0.174 e. The Morgan fingerprint density at radius 2 is 2.07 bits per heavy atom. The Balaban J connectivity index is 1.62. The van der Waals surface area contributed by atoms with Gasteiger partial charge in [-0.3, -0.25) is 4.98 Å². The molecule has 150 valence electrons. The SMILES string of the molecule is COCc1cc2c(NC(=S)N3Cc4ccccc4CC3CCO)cccc2cn1. The number of fused-ring (bicyclic) bond motifs is 2. The fraction of sp³-hybridized carbons (Fsp3) is 0.304. The zero-order valence-corrected chi connectivity index (χ0v) is 17.3. The van der Waals surface area contributed by atoms with Crippen LogP contribution < -0.4 is 5.32 Å². The molecule has 0 amide bonds. The van der Waals surface area contributed by atoms with Gasteiger partial charge in [0.25, 0.3) is 0 Å². The number of hydrogen-bond acceptors (Lipinski definition) is 4. The summed E-state index contributed by atoms with van der Waals surface area (Å²) in [5, 5.41) is 15.8. The number of methoxy groups -OCH3 is 1. The number of aliphatic hydroxyl groups is 1. The first-order chi connectivity index (χ1) is 14.2. The molecule has 3 aromatic rings. The average Bonchev–Trinajstić information content (AvgIpc) is 2.74. The number of aromatic nitrogens is 1. The lowest BCUT2D eigenvalue weighted by Crippen LogP contribution is -2.46. The van der Waals surface area contributed by atoms with Gasteiger partial charge >= 0.3 is 0 Å². The summed E-state index contributed by atoms with van der Waals surface area (Å²) in [6.45, 7) is 1.36. The molecular weight excluding hydrogens is 382 g/mol. The molecule has 0 saturated heterocycles. The van der Waals surface area contributed by atoms with Crippen molar-refractivity contribution in [3.8, 4) is 0 Å². The van der Waals surface area contributed by atoms with Crippen LogP contribution in [0.25, 0.3) is 10.8 Å². The lowest BCUT2D eigenvalue weighted by Gasteiger charge is -2.38. The van der Waals surface area contributed by atoms with Gasteiger partial charge in [-0.25, -0.2) is 0 Å². The molecule has 29 heavy (non-hydrogen) atoms. The van der Waals surface area contributed by atoms with Crippen molar-refractivity contribution in [2.75, 3.05) is 19.0 Å². The van der Waals surface area contributed by atoms with Crippen LogP contribution in [0.5, 0.6) is 0 Å². The molecular formula is C23H25N3O2S. The maximum atomic E-state index is 9.57. The molecule has 2 N–H and O–H groups in total. The molecule has 0 spiro atoms. The van der Waals surface area contributed by atoms with Gasteiger partial charge in [0.15, 0.2) is 5.11 Å². The van der Waals surface area contributed by atoms with Crippen molar-refractivity contribution in [2.24, 2.45) is 0 Å². The molecule has 6 heteroatoms. The van der Waals surface area contributed by atoms with E-state index in [4.69, 9.17) is 17.0 Å². The molecule has 0 aliphatic carbocycles. The van der Waals surface area contributed by atoms with Gasteiger partial charge in [-0.2, -0.15) is 0 Å². The predicted octanol–water partition coefficient (Wildman–Crippen LogP) is 3.89. The topological polar surface area (TPSA) is 57.6 Å². The third-order valence-electron chi connectivity index (χ3n) is 5.43. The molecule has 1 aromatic heterocycles. The minimum atomic E-state index is 0.145. The molecule has 0 saturated carbocycles. The Bertz CT molecular complexity index is 1020. The first-order valence-corrected chi connectivity index (χ1v) is 10.2. The Morgan fingerprint density at radius 3 is 2.86 bits per heavy atom. The number of pyridine rings is 1. The van der Waals surface area contributed by atoms with E-state index < -0.39 is 0 Å². The second-order valence-corrected chi connectivity index (χ2v) is 7.72. The van der Waals surface area contributed by atoms with Crippen molar-refractivity contribution < 1.29 is 9.84 Å². The van der Waals surface area contributed by atoms with Crippen LogP contribution >= 0.6 is 12.2 Å². The molecule has 5 nitrogen and oxygen atoms in total. The van der Waals surface area contributed by atoms with E-state index in [2.05, 4.69) is 39.5 Å². The van der Waals surface area contributed by atoms with E-state index >= 15 is 0 Å². The molecule has 0 radical (unpaired) electrons. The number of anilines is 1. The normalized spacial score (nSPS) is 15.9. The van der Waals surface area contributed by atoms with E-state index in [-0.39, 0.29) is 12.6 Å². The molecule has 0 fully saturated rings. The van der Waals surface area contributed by atoms with Gasteiger partial charge in [-0.05, 0) is 48.3 Å². The largest absolute Gasteiger partial charge is 0.396 e. The van der Waals surface area contributed by atoms with Crippen molar-refractivity contribution in [3.05, 3.63) is 71.5 Å². The Kier molecular flexibility index (Phi) is 6.04. The van der Waals surface area contributed by atoms with Gasteiger partial charge < -0.3 is 20.1 Å². The Morgan fingerprint density at radius 1 is 1.24 bits per heavy atom. The lowest BCUT2D eigenvalue weighted by atomic mass is 9.93. The van der Waals surface area contributed by atoms with Crippen molar-refractivity contribution in [1.82, 2.24) is 9.88 Å². The molecule has 2 heterocycles. The summed E-state index contributed by atoms with van der Waals surface area (Å²) in [5.74, 6) is 0. The van der Waals surface area contributed by atoms with Crippen LogP contribution in [0.4, 0.5) is 5.69 Å². The maximum absolute atomic E-state index is 9.57. The van der Waals surface area contributed by atoms with Gasteiger partial charge in [-0.15, -0.1) is 0 Å². The lowest BCUT2D eigenvalue weighted by molar-refractivity contribution is 0.181. The monoisotopic (exact) mass is 407 g/mol. The standard InChI is InChI=1S/C23H25N3O2S/c1-28-15-19-12-21-17(13-24-19)7-4-8-22(21)25-23(29)26-14-18-6-3-2-5-16(18)11-20(26)9-10-27/h2-8,12-13,20,27H,9-11,14-15H2,1H3,(H,25,29). The van der Waals surface area contributed by atoms with Crippen LogP contribution in [0.2, 0.25) is 0 Å². The number of rotatable bonds is 5. The average molecular weight is 408 g/mol. The highest BCUT2D eigenvalue weighted by Crippen LogP contribution is 2.28. The zero-order valence-electron chi connectivity index (χ0n) is 16.5. The summed E-state index contributed by atoms with van der Waals surface area (Å²) in [4.78, 5) is 6.64. The van der Waals surface area contributed by atoms with Crippen molar-refractivity contribution >= 4 is 33.8 Å². The summed E-state index contributed by atoms with van der Waals surface area (Å²) in [5.41, 5.74) is 4.46. The van der Waals surface area contributed by atoms with Crippen molar-refractivity contribution in [2.45, 2.75) is 32.0 Å². The summed E-state index contributed by atoms with van der Waals surface area (Å²) in [6.07, 6.45) is 3.44. The quantitative estimate of drug-likeness (QED) is 0.626. The second-order valence-electron chi connectivity index (χ2n) is 7.33. The molecule has 1 aliphatic heterocycles. The van der Waals surface area contributed by atoms with Gasteiger partial charge in [0.1, 0.15) is 0 Å². The number of thiocarbonyl (C=S) groups is 1. The van der Waals surface area contributed by atoms with Crippen molar-refractivity contribution in [1.29, 1.82) is 0 Å². The summed E-state index contributed by atoms with van der Waals surface area (Å²) in [7, 11) is 1.67. The maximum Gasteiger partial charge on any atom is 0.174 e. The first-order valence-electron chi connectivity index (χ1n) is 9.81. The molecule has 1 aliphatic rings. The minimum absolute atomic E-state index is 0.145. The highest BCUT2D eigenvalue weighted by molar-refractivity contribution is 7.80. The Labute approximate surface area is 176 Å². The highest BCUT2D eigenvalue weighted by atomic mass is 32.1. The van der Waals surface area contributed by atoms with Crippen LogP contribution in [-0.2, 0) is 24.3 Å². The number of benzene rings is 2. The number of hydrogen-bond donors (Lipinski definition) is 2. The molecule has 4 rings (SSSR count). The number of ether oxygens (including phenoxy) is 1. The summed E-state index contributed by atoms with van der Waals surface area (Å²) in [6, 6.07) is 16.8. The van der Waals surface area contributed by atoms with E-state index in [1.807, 2.05) is 30.5 Å². The van der Waals surface area contributed by atoms with Gasteiger partial charge in [-0.1, -0.05) is 36.4 Å². The minimum Gasteiger partial charge on any atom is -0.396 e. The van der Waals surface area contributed by atoms with Gasteiger partial charge in [0, 0.05) is 49.0 Å².